The number of piperazine rings is 1. The maximum Gasteiger partial charge on any atom is 0.243 e. The van der Waals surface area contributed by atoms with Crippen LogP contribution in [0.25, 0.3) is 0 Å². The fraction of sp³-hybridized carbons (Fsp3) is 0.769. The van der Waals surface area contributed by atoms with Gasteiger partial charge in [-0.2, -0.15) is 4.31 Å². The third kappa shape index (κ3) is 10.0. The van der Waals surface area contributed by atoms with Crippen molar-refractivity contribution >= 4 is 10.0 Å². The molecule has 31 heavy (non-hydrogen) atoms. The monoisotopic (exact) mass is 450 g/mol. The van der Waals surface area contributed by atoms with Gasteiger partial charge in [-0.3, -0.25) is 0 Å². The Hall–Kier alpha value is -0.910. The Morgan fingerprint density at radius 2 is 1.35 bits per heavy atom. The third-order valence-corrected chi connectivity index (χ3v) is 8.41. The van der Waals surface area contributed by atoms with Crippen LogP contribution in [0.4, 0.5) is 0 Å². The number of aryl methyl sites for hydroxylation is 1. The average molecular weight is 451 g/mol. The highest BCUT2D eigenvalue weighted by molar-refractivity contribution is 7.89. The zero-order valence-corrected chi connectivity index (χ0v) is 20.9. The number of sulfonamides is 1. The fourth-order valence-electron chi connectivity index (χ4n) is 4.47. The summed E-state index contributed by atoms with van der Waals surface area (Å²) in [6.07, 6.45) is 18.8. The van der Waals surface area contributed by atoms with Gasteiger partial charge in [-0.15, -0.1) is 0 Å². The summed E-state index contributed by atoms with van der Waals surface area (Å²) < 4.78 is 27.5. The minimum absolute atomic E-state index is 0.279. The molecule has 0 amide bonds. The van der Waals surface area contributed by atoms with Crippen molar-refractivity contribution < 1.29 is 8.42 Å². The summed E-state index contributed by atoms with van der Waals surface area (Å²) in [4.78, 5) is 0.416. The second-order valence-electron chi connectivity index (χ2n) is 9.36. The Labute approximate surface area is 192 Å². The predicted molar refractivity (Wildman–Crippen MR) is 132 cm³/mol. The molecule has 1 unspecified atom stereocenters. The highest BCUT2D eigenvalue weighted by Gasteiger charge is 2.29. The number of nitrogens with zero attached hydrogens (tertiary/aromatic N) is 1. The van der Waals surface area contributed by atoms with E-state index in [0.29, 0.717) is 18.0 Å². The van der Waals surface area contributed by atoms with Crippen molar-refractivity contribution in [3.8, 4) is 0 Å². The SMILES string of the molecule is CCCCCCCCCCCCCCCC1CN(S(=O)(=O)c2ccc(C)cc2)CCN1. The summed E-state index contributed by atoms with van der Waals surface area (Å²) in [6, 6.07) is 7.49. The van der Waals surface area contributed by atoms with Gasteiger partial charge in [0.25, 0.3) is 0 Å². The number of rotatable bonds is 16. The smallest absolute Gasteiger partial charge is 0.243 e. The van der Waals surface area contributed by atoms with Crippen molar-refractivity contribution in [2.75, 3.05) is 19.6 Å². The first kappa shape index (κ1) is 26.3. The van der Waals surface area contributed by atoms with Crippen molar-refractivity contribution in [1.82, 2.24) is 9.62 Å². The van der Waals surface area contributed by atoms with E-state index in [0.717, 1.165) is 18.5 Å². The quantitative estimate of drug-likeness (QED) is 0.295. The van der Waals surface area contributed by atoms with E-state index < -0.39 is 10.0 Å². The largest absolute Gasteiger partial charge is 0.311 e. The fourth-order valence-corrected chi connectivity index (χ4v) is 5.96. The molecule has 0 bridgehead atoms. The lowest BCUT2D eigenvalue weighted by Crippen LogP contribution is -2.52. The maximum absolute atomic E-state index is 12.9. The Kier molecular flexibility index (Phi) is 12.8. The molecule has 0 radical (unpaired) electrons. The van der Waals surface area contributed by atoms with Gasteiger partial charge < -0.3 is 5.32 Å². The Bertz CT molecular complexity index is 688. The molecule has 0 aliphatic carbocycles. The van der Waals surface area contributed by atoms with Crippen molar-refractivity contribution in [2.45, 2.75) is 115 Å². The third-order valence-electron chi connectivity index (χ3n) is 6.53. The van der Waals surface area contributed by atoms with Crippen LogP contribution in [0.5, 0.6) is 0 Å². The van der Waals surface area contributed by atoms with Gasteiger partial charge in [0, 0.05) is 25.7 Å². The van der Waals surface area contributed by atoms with Gasteiger partial charge in [-0.1, -0.05) is 108 Å². The van der Waals surface area contributed by atoms with E-state index in [2.05, 4.69) is 12.2 Å². The summed E-state index contributed by atoms with van der Waals surface area (Å²) in [5.74, 6) is 0. The molecule has 1 aromatic carbocycles. The summed E-state index contributed by atoms with van der Waals surface area (Å²) >= 11 is 0. The topological polar surface area (TPSA) is 49.4 Å². The van der Waals surface area contributed by atoms with Gasteiger partial charge in [0.1, 0.15) is 0 Å². The minimum atomic E-state index is -3.38. The zero-order chi connectivity index (χ0) is 22.4. The Balaban J connectivity index is 1.53. The summed E-state index contributed by atoms with van der Waals surface area (Å²) in [6.45, 7) is 6.15. The molecule has 1 aliphatic heterocycles. The first-order chi connectivity index (χ1) is 15.0. The molecule has 1 N–H and O–H groups in total. The van der Waals surface area contributed by atoms with Crippen molar-refractivity contribution in [1.29, 1.82) is 0 Å². The highest BCUT2D eigenvalue weighted by atomic mass is 32.2. The minimum Gasteiger partial charge on any atom is -0.311 e. The van der Waals surface area contributed by atoms with E-state index in [4.69, 9.17) is 0 Å². The zero-order valence-electron chi connectivity index (χ0n) is 20.1. The molecule has 0 aromatic heterocycles. The van der Waals surface area contributed by atoms with E-state index in [1.807, 2.05) is 19.1 Å². The summed E-state index contributed by atoms with van der Waals surface area (Å²) in [5, 5.41) is 3.52. The Morgan fingerprint density at radius 1 is 0.839 bits per heavy atom. The van der Waals surface area contributed by atoms with Crippen LogP contribution in [0.15, 0.2) is 29.2 Å². The number of nitrogens with one attached hydrogen (secondary N) is 1. The average Bonchev–Trinajstić information content (AvgIpc) is 2.77. The van der Waals surface area contributed by atoms with Crippen LogP contribution in [0.2, 0.25) is 0 Å². The Morgan fingerprint density at radius 3 is 1.90 bits per heavy atom. The number of unbranched alkanes of at least 4 members (excludes halogenated alkanes) is 12. The standard InChI is InChI=1S/C26H46N2O2S/c1-3-4-5-6-7-8-9-10-11-12-13-14-15-16-25-23-28(22-21-27-25)31(29,30)26-19-17-24(2)18-20-26/h17-20,25,27H,3-16,21-23H2,1-2H3. The second-order valence-corrected chi connectivity index (χ2v) is 11.3. The van der Waals surface area contributed by atoms with Crippen LogP contribution in [0, 0.1) is 6.92 Å². The molecule has 5 heteroatoms. The molecule has 1 aliphatic rings. The first-order valence-corrected chi connectivity index (χ1v) is 14.3. The summed E-state index contributed by atoms with van der Waals surface area (Å²) in [5.41, 5.74) is 1.08. The number of hydrogen-bond donors (Lipinski definition) is 1. The molecule has 1 heterocycles. The normalized spacial score (nSPS) is 17.8. The molecule has 4 nitrogen and oxygen atoms in total. The van der Waals surface area contributed by atoms with Crippen LogP contribution in [-0.2, 0) is 10.0 Å². The van der Waals surface area contributed by atoms with E-state index in [1.54, 1.807) is 16.4 Å². The molecule has 0 spiro atoms. The summed E-state index contributed by atoms with van der Waals surface area (Å²) in [7, 11) is -3.38. The lowest BCUT2D eigenvalue weighted by Gasteiger charge is -2.33. The van der Waals surface area contributed by atoms with E-state index in [1.165, 1.54) is 83.5 Å². The van der Waals surface area contributed by atoms with Gasteiger partial charge in [-0.25, -0.2) is 8.42 Å². The maximum atomic E-state index is 12.9. The van der Waals surface area contributed by atoms with Gasteiger partial charge in [0.15, 0.2) is 0 Å². The van der Waals surface area contributed by atoms with Crippen molar-refractivity contribution in [2.24, 2.45) is 0 Å². The lowest BCUT2D eigenvalue weighted by atomic mass is 10.0. The predicted octanol–water partition coefficient (Wildman–Crippen LogP) is 6.44. The molecule has 0 saturated carbocycles. The molecule has 1 fully saturated rings. The molecule has 1 aromatic rings. The number of benzene rings is 1. The lowest BCUT2D eigenvalue weighted by molar-refractivity contribution is 0.284. The van der Waals surface area contributed by atoms with Crippen LogP contribution in [0.3, 0.4) is 0 Å². The van der Waals surface area contributed by atoms with E-state index in [-0.39, 0.29) is 6.04 Å². The molecule has 1 atom stereocenters. The van der Waals surface area contributed by atoms with E-state index >= 15 is 0 Å². The van der Waals surface area contributed by atoms with E-state index in [9.17, 15) is 8.42 Å². The van der Waals surface area contributed by atoms with Gasteiger partial charge in [0.2, 0.25) is 10.0 Å². The van der Waals surface area contributed by atoms with Gasteiger partial charge in [-0.05, 0) is 25.5 Å². The van der Waals surface area contributed by atoms with Crippen LogP contribution in [-0.4, -0.2) is 38.4 Å². The first-order valence-electron chi connectivity index (χ1n) is 12.8. The van der Waals surface area contributed by atoms with Crippen LogP contribution in [0.1, 0.15) is 102 Å². The highest BCUT2D eigenvalue weighted by Crippen LogP contribution is 2.20. The molecule has 1 saturated heterocycles. The molecule has 2 rings (SSSR count). The van der Waals surface area contributed by atoms with Crippen LogP contribution < -0.4 is 5.32 Å². The molecular weight excluding hydrogens is 404 g/mol. The van der Waals surface area contributed by atoms with Crippen molar-refractivity contribution in [3.05, 3.63) is 29.8 Å². The van der Waals surface area contributed by atoms with Gasteiger partial charge in [0.05, 0.1) is 4.90 Å². The van der Waals surface area contributed by atoms with Crippen molar-refractivity contribution in [3.63, 3.8) is 0 Å². The van der Waals surface area contributed by atoms with Gasteiger partial charge >= 0.3 is 0 Å². The second kappa shape index (κ2) is 15.0. The number of hydrogen-bond acceptors (Lipinski definition) is 3. The molecular formula is C26H46N2O2S. The molecule has 178 valence electrons. The van der Waals surface area contributed by atoms with Crippen LogP contribution >= 0.6 is 0 Å².